The Hall–Kier alpha value is -1.71. The third-order valence-corrected chi connectivity index (χ3v) is 2.77. The smallest absolute Gasteiger partial charge is 0.320 e. The summed E-state index contributed by atoms with van der Waals surface area (Å²) < 4.78 is 17.9. The fraction of sp³-hybridized carbons (Fsp3) is 0.333. The second-order valence-corrected chi connectivity index (χ2v) is 4.27. The van der Waals surface area contributed by atoms with Crippen LogP contribution < -0.4 is 0 Å². The molecule has 3 nitrogen and oxygen atoms in total. The van der Waals surface area contributed by atoms with Gasteiger partial charge in [0.2, 0.25) is 0 Å². The number of carbonyl (C=O) groups is 2. The van der Waals surface area contributed by atoms with Crippen molar-refractivity contribution >= 4 is 11.9 Å². The number of carbonyl (C=O) groups excluding carboxylic acids is 2. The summed E-state index contributed by atoms with van der Waals surface area (Å²) in [5, 5.41) is 0. The van der Waals surface area contributed by atoms with Gasteiger partial charge in [0.1, 0.15) is 5.82 Å². The second kappa shape index (κ2) is 3.70. The number of hydrogen-bond donors (Lipinski definition) is 0. The van der Waals surface area contributed by atoms with Gasteiger partial charge in [0.25, 0.3) is 0 Å². The maximum Gasteiger partial charge on any atom is 0.320 e. The first-order chi connectivity index (χ1) is 7.51. The van der Waals surface area contributed by atoms with E-state index in [2.05, 4.69) is 4.74 Å². The van der Waals surface area contributed by atoms with Crippen LogP contribution in [0.5, 0.6) is 0 Å². The number of ether oxygens (including phenoxy) is 1. The Kier molecular flexibility index (Phi) is 2.50. The van der Waals surface area contributed by atoms with Crippen LogP contribution >= 0.6 is 0 Å². The van der Waals surface area contributed by atoms with Crippen molar-refractivity contribution in [3.05, 3.63) is 35.6 Å². The van der Waals surface area contributed by atoms with E-state index >= 15 is 0 Å². The lowest BCUT2D eigenvalue weighted by atomic mass is 9.82. The molecule has 4 heteroatoms. The van der Waals surface area contributed by atoms with E-state index in [0.717, 1.165) is 0 Å². The zero-order chi connectivity index (χ0) is 11.8. The average Bonchev–Trinajstić information content (AvgIpc) is 2.45. The Morgan fingerprint density at radius 3 is 2.62 bits per heavy atom. The SMILES string of the molecule is CC1(Cc2ccccc2F)CC(=O)OC1=O. The number of benzene rings is 1. The molecule has 0 saturated carbocycles. The van der Waals surface area contributed by atoms with Crippen molar-refractivity contribution in [3.8, 4) is 0 Å². The van der Waals surface area contributed by atoms with Crippen LogP contribution in [-0.4, -0.2) is 11.9 Å². The predicted octanol–water partition coefficient (Wildman–Crippen LogP) is 1.85. The summed E-state index contributed by atoms with van der Waals surface area (Å²) in [5.41, 5.74) is -0.504. The monoisotopic (exact) mass is 222 g/mol. The van der Waals surface area contributed by atoms with Gasteiger partial charge in [-0.3, -0.25) is 9.59 Å². The maximum absolute atomic E-state index is 13.4. The molecule has 1 heterocycles. The number of cyclic esters (lactones) is 2. The molecule has 16 heavy (non-hydrogen) atoms. The number of halogens is 1. The molecule has 1 aromatic carbocycles. The van der Waals surface area contributed by atoms with Crippen molar-refractivity contribution in [2.75, 3.05) is 0 Å². The third kappa shape index (κ3) is 1.83. The maximum atomic E-state index is 13.4. The molecular weight excluding hydrogens is 211 g/mol. The highest BCUT2D eigenvalue weighted by Gasteiger charge is 2.45. The van der Waals surface area contributed by atoms with Crippen LogP contribution in [0, 0.1) is 11.2 Å². The lowest BCUT2D eigenvalue weighted by Gasteiger charge is -2.17. The normalized spacial score (nSPS) is 24.6. The molecule has 0 aliphatic carbocycles. The summed E-state index contributed by atoms with van der Waals surface area (Å²) >= 11 is 0. The number of rotatable bonds is 2. The van der Waals surface area contributed by atoms with E-state index in [1.165, 1.54) is 6.07 Å². The van der Waals surface area contributed by atoms with E-state index in [0.29, 0.717) is 5.56 Å². The van der Waals surface area contributed by atoms with Crippen molar-refractivity contribution in [1.82, 2.24) is 0 Å². The minimum absolute atomic E-state index is 0.0141. The number of esters is 2. The fourth-order valence-corrected chi connectivity index (χ4v) is 1.85. The third-order valence-electron chi connectivity index (χ3n) is 2.77. The van der Waals surface area contributed by atoms with Crippen molar-refractivity contribution in [2.45, 2.75) is 19.8 Å². The van der Waals surface area contributed by atoms with Gasteiger partial charge < -0.3 is 4.74 Å². The van der Waals surface area contributed by atoms with Crippen molar-refractivity contribution in [2.24, 2.45) is 5.41 Å². The molecule has 0 radical (unpaired) electrons. The standard InChI is InChI=1S/C12H11FO3/c1-12(7-10(14)16-11(12)15)6-8-4-2-3-5-9(8)13/h2-5H,6-7H2,1H3. The molecule has 1 unspecified atom stereocenters. The van der Waals surface area contributed by atoms with Crippen molar-refractivity contribution in [3.63, 3.8) is 0 Å². The fourth-order valence-electron chi connectivity index (χ4n) is 1.85. The van der Waals surface area contributed by atoms with Gasteiger partial charge in [0.15, 0.2) is 0 Å². The highest BCUT2D eigenvalue weighted by atomic mass is 19.1. The molecule has 2 rings (SSSR count). The van der Waals surface area contributed by atoms with Crippen LogP contribution in [0.25, 0.3) is 0 Å². The highest BCUT2D eigenvalue weighted by Crippen LogP contribution is 2.34. The summed E-state index contributed by atoms with van der Waals surface area (Å²) in [4.78, 5) is 22.5. The van der Waals surface area contributed by atoms with Crippen molar-refractivity contribution in [1.29, 1.82) is 0 Å². The quantitative estimate of drug-likeness (QED) is 0.566. The molecule has 1 atom stereocenters. The summed E-state index contributed by atoms with van der Waals surface area (Å²) in [7, 11) is 0. The minimum atomic E-state index is -0.931. The summed E-state index contributed by atoms with van der Waals surface area (Å²) in [6.45, 7) is 1.62. The van der Waals surface area contributed by atoms with Crippen LogP contribution in [0.15, 0.2) is 24.3 Å². The van der Waals surface area contributed by atoms with Crippen molar-refractivity contribution < 1.29 is 18.7 Å². The minimum Gasteiger partial charge on any atom is -0.393 e. The van der Waals surface area contributed by atoms with Crippen LogP contribution in [0.1, 0.15) is 18.9 Å². The average molecular weight is 222 g/mol. The molecule has 1 aliphatic rings. The Bertz CT molecular complexity index is 455. The number of hydrogen-bond acceptors (Lipinski definition) is 3. The topological polar surface area (TPSA) is 43.4 Å². The molecule has 0 N–H and O–H groups in total. The molecule has 1 saturated heterocycles. The first-order valence-electron chi connectivity index (χ1n) is 5.00. The first-order valence-corrected chi connectivity index (χ1v) is 5.00. The molecule has 1 aliphatic heterocycles. The lowest BCUT2D eigenvalue weighted by Crippen LogP contribution is -2.25. The van der Waals surface area contributed by atoms with Crippen LogP contribution in [0.4, 0.5) is 4.39 Å². The summed E-state index contributed by atoms with van der Waals surface area (Å²) in [6.07, 6.45) is 0.199. The molecule has 0 bridgehead atoms. The second-order valence-electron chi connectivity index (χ2n) is 4.27. The summed E-state index contributed by atoms with van der Waals surface area (Å²) in [6, 6.07) is 6.22. The molecule has 84 valence electrons. The van der Waals surface area contributed by atoms with Gasteiger partial charge in [-0.25, -0.2) is 4.39 Å². The Morgan fingerprint density at radius 1 is 1.38 bits per heavy atom. The van der Waals surface area contributed by atoms with Crippen LogP contribution in [0.2, 0.25) is 0 Å². The first kappa shape index (κ1) is 10.8. The largest absolute Gasteiger partial charge is 0.393 e. The van der Waals surface area contributed by atoms with Gasteiger partial charge in [-0.1, -0.05) is 18.2 Å². The molecule has 1 fully saturated rings. The van der Waals surface area contributed by atoms with Crippen LogP contribution in [-0.2, 0) is 20.7 Å². The van der Waals surface area contributed by atoms with E-state index in [-0.39, 0.29) is 18.7 Å². The molecule has 0 amide bonds. The Morgan fingerprint density at radius 2 is 2.06 bits per heavy atom. The van der Waals surface area contributed by atoms with E-state index in [9.17, 15) is 14.0 Å². The zero-order valence-electron chi connectivity index (χ0n) is 8.83. The van der Waals surface area contributed by atoms with Gasteiger partial charge in [-0.05, 0) is 25.0 Å². The van der Waals surface area contributed by atoms with Gasteiger partial charge in [-0.15, -0.1) is 0 Å². The van der Waals surface area contributed by atoms with Gasteiger partial charge in [0.05, 0.1) is 11.8 Å². The van der Waals surface area contributed by atoms with E-state index < -0.39 is 17.4 Å². The van der Waals surface area contributed by atoms with Gasteiger partial charge in [-0.2, -0.15) is 0 Å². The van der Waals surface area contributed by atoms with Gasteiger partial charge in [0, 0.05) is 0 Å². The Balaban J connectivity index is 2.25. The van der Waals surface area contributed by atoms with Crippen LogP contribution in [0.3, 0.4) is 0 Å². The molecule has 0 spiro atoms. The lowest BCUT2D eigenvalue weighted by molar-refractivity contribution is -0.154. The van der Waals surface area contributed by atoms with E-state index in [4.69, 9.17) is 0 Å². The van der Waals surface area contributed by atoms with E-state index in [1.807, 2.05) is 0 Å². The molecule has 1 aromatic rings. The zero-order valence-corrected chi connectivity index (χ0v) is 8.83. The highest BCUT2D eigenvalue weighted by molar-refractivity contribution is 5.97. The Labute approximate surface area is 92.2 Å². The molecule has 0 aromatic heterocycles. The van der Waals surface area contributed by atoms with Gasteiger partial charge >= 0.3 is 11.9 Å². The summed E-state index contributed by atoms with van der Waals surface area (Å²) in [5.74, 6) is -1.47. The predicted molar refractivity (Wildman–Crippen MR) is 53.9 cm³/mol. The molecular formula is C12H11FO3. The van der Waals surface area contributed by atoms with E-state index in [1.54, 1.807) is 25.1 Å².